The number of benzene rings is 1. The lowest BCUT2D eigenvalue weighted by Crippen LogP contribution is -2.35. The van der Waals surface area contributed by atoms with Gasteiger partial charge < -0.3 is 9.42 Å². The van der Waals surface area contributed by atoms with Gasteiger partial charge in [-0.25, -0.2) is 0 Å². The maximum Gasteiger partial charge on any atom is 0.222 e. The molecule has 0 atom stereocenters. The zero-order valence-corrected chi connectivity index (χ0v) is 16.1. The van der Waals surface area contributed by atoms with E-state index in [1.165, 1.54) is 11.1 Å². The average Bonchev–Trinajstić information content (AvgIpc) is 2.82. The molecule has 0 bridgehead atoms. The second-order valence-corrected chi connectivity index (χ2v) is 7.24. The predicted octanol–water partition coefficient (Wildman–Crippen LogP) is 3.27. The molecule has 5 heteroatoms. The third-order valence-corrected chi connectivity index (χ3v) is 5.37. The Morgan fingerprint density at radius 2 is 1.92 bits per heavy atom. The van der Waals surface area contributed by atoms with Crippen molar-refractivity contribution >= 4 is 5.91 Å². The molecule has 1 aromatic carbocycles. The second kappa shape index (κ2) is 8.49. The van der Waals surface area contributed by atoms with Gasteiger partial charge in [-0.1, -0.05) is 29.4 Å². The summed E-state index contributed by atoms with van der Waals surface area (Å²) in [5.74, 6) is 1.07. The Hall–Kier alpha value is -2.14. The molecule has 2 heterocycles. The summed E-state index contributed by atoms with van der Waals surface area (Å²) in [6, 6.07) is 8.55. The molecule has 5 nitrogen and oxygen atoms in total. The molecule has 1 aliphatic rings. The topological polar surface area (TPSA) is 49.6 Å². The molecule has 1 fully saturated rings. The molecule has 0 spiro atoms. The summed E-state index contributed by atoms with van der Waals surface area (Å²) in [4.78, 5) is 17.1. The molecule has 26 heavy (non-hydrogen) atoms. The van der Waals surface area contributed by atoms with Crippen molar-refractivity contribution in [3.63, 3.8) is 0 Å². The predicted molar refractivity (Wildman–Crippen MR) is 102 cm³/mol. The van der Waals surface area contributed by atoms with E-state index in [9.17, 15) is 4.79 Å². The Morgan fingerprint density at radius 3 is 2.65 bits per heavy atom. The fourth-order valence-electron chi connectivity index (χ4n) is 3.66. The van der Waals surface area contributed by atoms with E-state index in [2.05, 4.69) is 41.2 Å². The summed E-state index contributed by atoms with van der Waals surface area (Å²) >= 11 is 0. The SMILES string of the molecule is Cc1ccccc1CN1CCCN(C(=O)CCc2c(C)noc2C)CC1. The summed E-state index contributed by atoms with van der Waals surface area (Å²) in [6.45, 7) is 10.6. The van der Waals surface area contributed by atoms with Crippen LogP contribution in [0.25, 0.3) is 0 Å². The van der Waals surface area contributed by atoms with Gasteiger partial charge in [-0.3, -0.25) is 9.69 Å². The lowest BCUT2D eigenvalue weighted by Gasteiger charge is -2.22. The monoisotopic (exact) mass is 355 g/mol. The fourth-order valence-corrected chi connectivity index (χ4v) is 3.66. The number of hydrogen-bond donors (Lipinski definition) is 0. The third-order valence-electron chi connectivity index (χ3n) is 5.37. The Labute approximate surface area is 156 Å². The Bertz CT molecular complexity index is 734. The van der Waals surface area contributed by atoms with E-state index in [4.69, 9.17) is 4.52 Å². The zero-order chi connectivity index (χ0) is 18.5. The van der Waals surface area contributed by atoms with E-state index in [1.807, 2.05) is 18.7 Å². The van der Waals surface area contributed by atoms with Crippen molar-refractivity contribution in [3.05, 3.63) is 52.4 Å². The summed E-state index contributed by atoms with van der Waals surface area (Å²) in [7, 11) is 0. The van der Waals surface area contributed by atoms with E-state index in [1.54, 1.807) is 0 Å². The first kappa shape index (κ1) is 18.6. The van der Waals surface area contributed by atoms with Crippen molar-refractivity contribution in [3.8, 4) is 0 Å². The van der Waals surface area contributed by atoms with Crippen LogP contribution in [-0.4, -0.2) is 47.0 Å². The molecule has 1 aliphatic heterocycles. The number of aryl methyl sites for hydroxylation is 3. The van der Waals surface area contributed by atoms with E-state index in [0.717, 1.165) is 56.2 Å². The van der Waals surface area contributed by atoms with Crippen LogP contribution in [0, 0.1) is 20.8 Å². The lowest BCUT2D eigenvalue weighted by molar-refractivity contribution is -0.131. The van der Waals surface area contributed by atoms with Crippen molar-refractivity contribution < 1.29 is 9.32 Å². The minimum Gasteiger partial charge on any atom is -0.361 e. The van der Waals surface area contributed by atoms with Crippen LogP contribution >= 0.6 is 0 Å². The van der Waals surface area contributed by atoms with Gasteiger partial charge in [0.15, 0.2) is 0 Å². The highest BCUT2D eigenvalue weighted by Gasteiger charge is 2.20. The average molecular weight is 355 g/mol. The van der Waals surface area contributed by atoms with Gasteiger partial charge in [0.05, 0.1) is 5.69 Å². The number of amides is 1. The number of aromatic nitrogens is 1. The van der Waals surface area contributed by atoms with Crippen LogP contribution in [-0.2, 0) is 17.8 Å². The van der Waals surface area contributed by atoms with Gasteiger partial charge >= 0.3 is 0 Å². The third kappa shape index (κ3) is 4.52. The minimum absolute atomic E-state index is 0.239. The highest BCUT2D eigenvalue weighted by molar-refractivity contribution is 5.76. The van der Waals surface area contributed by atoms with Crippen LogP contribution in [0.3, 0.4) is 0 Å². The molecule has 0 unspecified atom stereocenters. The lowest BCUT2D eigenvalue weighted by atomic mass is 10.1. The molecular weight excluding hydrogens is 326 g/mol. The molecular formula is C21H29N3O2. The van der Waals surface area contributed by atoms with Crippen LogP contribution in [0.2, 0.25) is 0 Å². The standard InChI is InChI=1S/C21H29N3O2/c1-16-7-4-5-8-19(16)15-23-11-6-12-24(14-13-23)21(25)10-9-20-17(2)22-26-18(20)3/h4-5,7-8H,6,9-15H2,1-3H3. The zero-order valence-electron chi connectivity index (χ0n) is 16.1. The molecule has 140 valence electrons. The maximum atomic E-state index is 12.6. The van der Waals surface area contributed by atoms with Gasteiger partial charge in [0.2, 0.25) is 5.91 Å². The van der Waals surface area contributed by atoms with Crippen molar-refractivity contribution in [1.29, 1.82) is 0 Å². The van der Waals surface area contributed by atoms with Gasteiger partial charge in [-0.15, -0.1) is 0 Å². The van der Waals surface area contributed by atoms with Gasteiger partial charge in [-0.05, 0) is 44.7 Å². The Morgan fingerprint density at radius 1 is 1.12 bits per heavy atom. The molecule has 1 saturated heterocycles. The van der Waals surface area contributed by atoms with Gasteiger partial charge in [-0.2, -0.15) is 0 Å². The van der Waals surface area contributed by atoms with Crippen molar-refractivity contribution in [2.24, 2.45) is 0 Å². The first-order valence-corrected chi connectivity index (χ1v) is 9.51. The highest BCUT2D eigenvalue weighted by atomic mass is 16.5. The van der Waals surface area contributed by atoms with Gasteiger partial charge in [0.25, 0.3) is 0 Å². The van der Waals surface area contributed by atoms with E-state index in [0.29, 0.717) is 12.8 Å². The summed E-state index contributed by atoms with van der Waals surface area (Å²) in [5, 5.41) is 3.97. The number of hydrogen-bond acceptors (Lipinski definition) is 4. The first-order chi connectivity index (χ1) is 12.5. The molecule has 1 amide bonds. The summed E-state index contributed by atoms with van der Waals surface area (Å²) < 4.78 is 5.19. The molecule has 0 aliphatic carbocycles. The molecule has 2 aromatic rings. The van der Waals surface area contributed by atoms with Crippen LogP contribution in [0.4, 0.5) is 0 Å². The number of carbonyl (C=O) groups is 1. The molecule has 0 saturated carbocycles. The second-order valence-electron chi connectivity index (χ2n) is 7.24. The van der Waals surface area contributed by atoms with E-state index in [-0.39, 0.29) is 5.91 Å². The molecule has 0 radical (unpaired) electrons. The number of carbonyl (C=O) groups excluding carboxylic acids is 1. The van der Waals surface area contributed by atoms with Crippen molar-refractivity contribution in [1.82, 2.24) is 15.0 Å². The summed E-state index contributed by atoms with van der Waals surface area (Å²) in [5.41, 5.74) is 4.69. The van der Waals surface area contributed by atoms with Crippen LogP contribution in [0.1, 0.15) is 41.0 Å². The van der Waals surface area contributed by atoms with Crippen molar-refractivity contribution in [2.45, 2.75) is 46.6 Å². The molecule has 1 aromatic heterocycles. The van der Waals surface area contributed by atoms with Crippen LogP contribution < -0.4 is 0 Å². The van der Waals surface area contributed by atoms with Gasteiger partial charge in [0, 0.05) is 44.7 Å². The highest BCUT2D eigenvalue weighted by Crippen LogP contribution is 2.16. The number of rotatable bonds is 5. The quantitative estimate of drug-likeness (QED) is 0.826. The first-order valence-electron chi connectivity index (χ1n) is 9.51. The fraction of sp³-hybridized carbons (Fsp3) is 0.524. The number of nitrogens with zero attached hydrogens (tertiary/aromatic N) is 3. The van der Waals surface area contributed by atoms with E-state index >= 15 is 0 Å². The van der Waals surface area contributed by atoms with Crippen LogP contribution in [0.15, 0.2) is 28.8 Å². The van der Waals surface area contributed by atoms with E-state index < -0.39 is 0 Å². The largest absolute Gasteiger partial charge is 0.361 e. The summed E-state index contributed by atoms with van der Waals surface area (Å²) in [6.07, 6.45) is 2.27. The molecule has 0 N–H and O–H groups in total. The minimum atomic E-state index is 0.239. The normalized spacial score (nSPS) is 15.9. The maximum absolute atomic E-state index is 12.6. The van der Waals surface area contributed by atoms with Crippen molar-refractivity contribution in [2.75, 3.05) is 26.2 Å². The smallest absolute Gasteiger partial charge is 0.222 e. The van der Waals surface area contributed by atoms with Crippen LogP contribution in [0.5, 0.6) is 0 Å². The Kier molecular flexibility index (Phi) is 6.09. The Balaban J connectivity index is 1.51. The van der Waals surface area contributed by atoms with Gasteiger partial charge in [0.1, 0.15) is 5.76 Å². The molecule has 3 rings (SSSR count).